The van der Waals surface area contributed by atoms with Crippen molar-refractivity contribution in [1.82, 2.24) is 9.80 Å². The molecule has 1 fully saturated rings. The number of amides is 2. The Morgan fingerprint density at radius 2 is 1.91 bits per heavy atom. The van der Waals surface area contributed by atoms with Crippen LogP contribution < -0.4 is 10.1 Å². The Labute approximate surface area is 205 Å². The molecule has 0 aromatic heterocycles. The molecule has 190 valence electrons. The number of carbonyl (C=O) groups is 2. The van der Waals surface area contributed by atoms with Crippen molar-refractivity contribution < 1.29 is 19.1 Å². The van der Waals surface area contributed by atoms with Gasteiger partial charge in [-0.05, 0) is 49.8 Å². The van der Waals surface area contributed by atoms with Crippen LogP contribution in [0.4, 0.5) is 5.69 Å². The van der Waals surface area contributed by atoms with Crippen LogP contribution in [0, 0.1) is 11.8 Å². The molecular weight excluding hydrogens is 430 g/mol. The zero-order valence-electron chi connectivity index (χ0n) is 21.6. The number of nitrogens with zero attached hydrogens (tertiary/aromatic N) is 2. The highest BCUT2D eigenvalue weighted by atomic mass is 16.5. The molecule has 1 aliphatic carbocycles. The Kier molecular flexibility index (Phi) is 9.77. The molecule has 1 aromatic rings. The minimum Gasteiger partial charge on any atom is -0.491 e. The van der Waals surface area contributed by atoms with Gasteiger partial charge in [0.2, 0.25) is 5.91 Å². The second-order valence-corrected chi connectivity index (χ2v) is 10.2. The van der Waals surface area contributed by atoms with Crippen LogP contribution in [-0.4, -0.2) is 74.2 Å². The first-order valence-electron chi connectivity index (χ1n) is 12.9. The van der Waals surface area contributed by atoms with E-state index in [-0.39, 0.29) is 29.9 Å². The number of nitrogens with one attached hydrogen (secondary N) is 1. The number of ether oxygens (including phenoxy) is 2. The van der Waals surface area contributed by atoms with Crippen LogP contribution in [0.2, 0.25) is 0 Å². The third kappa shape index (κ3) is 6.95. The highest BCUT2D eigenvalue weighted by Gasteiger charge is 2.29. The second-order valence-electron chi connectivity index (χ2n) is 10.2. The number of benzene rings is 1. The zero-order valence-corrected chi connectivity index (χ0v) is 21.6. The van der Waals surface area contributed by atoms with Gasteiger partial charge in [0.25, 0.3) is 5.91 Å². The SMILES string of the molecule is CCC(=O)Nc1ccc2c(c1)C(=O)N(C)C[C@@H](OC)[C@H](C)CN(CC1CCCCC1)[C@@H](C)CO2. The molecule has 34 heavy (non-hydrogen) atoms. The van der Waals surface area contributed by atoms with Crippen molar-refractivity contribution in [3.8, 4) is 5.75 Å². The van der Waals surface area contributed by atoms with Crippen molar-refractivity contribution in [1.29, 1.82) is 0 Å². The second kappa shape index (κ2) is 12.5. The first-order chi connectivity index (χ1) is 16.3. The molecule has 7 heteroatoms. The minimum atomic E-state index is -0.135. The molecule has 3 atom stereocenters. The van der Waals surface area contributed by atoms with Crippen molar-refractivity contribution >= 4 is 17.5 Å². The van der Waals surface area contributed by atoms with Gasteiger partial charge in [0, 0.05) is 51.9 Å². The number of hydrogen-bond acceptors (Lipinski definition) is 5. The lowest BCUT2D eigenvalue weighted by Crippen LogP contribution is -2.48. The van der Waals surface area contributed by atoms with Gasteiger partial charge in [-0.3, -0.25) is 14.5 Å². The number of likely N-dealkylation sites (N-methyl/N-ethyl adjacent to an activating group) is 1. The van der Waals surface area contributed by atoms with Crippen molar-refractivity contribution in [3.63, 3.8) is 0 Å². The first-order valence-corrected chi connectivity index (χ1v) is 12.9. The molecule has 1 saturated carbocycles. The summed E-state index contributed by atoms with van der Waals surface area (Å²) in [6.07, 6.45) is 6.94. The molecule has 1 aromatic carbocycles. The number of hydrogen-bond donors (Lipinski definition) is 1. The summed E-state index contributed by atoms with van der Waals surface area (Å²) in [7, 11) is 3.53. The molecule has 2 amide bonds. The lowest BCUT2D eigenvalue weighted by atomic mass is 9.88. The van der Waals surface area contributed by atoms with Gasteiger partial charge >= 0.3 is 0 Å². The Bertz CT molecular complexity index is 824. The first kappa shape index (κ1) is 26.5. The van der Waals surface area contributed by atoms with Crippen molar-refractivity contribution in [2.45, 2.75) is 71.4 Å². The number of fused-ring (bicyclic) bond motifs is 1. The van der Waals surface area contributed by atoms with Crippen LogP contribution in [0.5, 0.6) is 5.75 Å². The molecule has 7 nitrogen and oxygen atoms in total. The van der Waals surface area contributed by atoms with Gasteiger partial charge in [0.15, 0.2) is 0 Å². The maximum atomic E-state index is 13.4. The summed E-state index contributed by atoms with van der Waals surface area (Å²) in [6.45, 7) is 9.22. The highest BCUT2D eigenvalue weighted by Crippen LogP contribution is 2.28. The lowest BCUT2D eigenvalue weighted by Gasteiger charge is -2.38. The standard InChI is InChI=1S/C27H43N3O4/c1-6-26(31)28-22-12-13-24-23(14-22)27(32)29(4)17-25(33-5)19(2)15-30(20(3)18-34-24)16-21-10-8-7-9-11-21/h12-14,19-21,25H,6-11,15-18H2,1-5H3,(H,28,31)/t19-,20+,25-/m1/s1. The number of carbonyl (C=O) groups excluding carboxylic acids is 2. The summed E-state index contributed by atoms with van der Waals surface area (Å²) in [6, 6.07) is 5.54. The normalized spacial score (nSPS) is 25.6. The largest absolute Gasteiger partial charge is 0.491 e. The molecule has 0 bridgehead atoms. The monoisotopic (exact) mass is 473 g/mol. The van der Waals surface area contributed by atoms with Gasteiger partial charge in [-0.15, -0.1) is 0 Å². The summed E-state index contributed by atoms with van der Waals surface area (Å²) in [5.74, 6) is 1.33. The molecule has 0 spiro atoms. The quantitative estimate of drug-likeness (QED) is 0.685. The van der Waals surface area contributed by atoms with Crippen LogP contribution in [0.15, 0.2) is 18.2 Å². The van der Waals surface area contributed by atoms with Crippen molar-refractivity contribution in [2.24, 2.45) is 11.8 Å². The van der Waals surface area contributed by atoms with Gasteiger partial charge in [0.1, 0.15) is 12.4 Å². The van der Waals surface area contributed by atoms with E-state index in [0.29, 0.717) is 36.6 Å². The number of rotatable bonds is 5. The average molecular weight is 474 g/mol. The molecular formula is C27H43N3O4. The molecule has 0 unspecified atom stereocenters. The Hall–Kier alpha value is -2.12. The molecule has 1 aliphatic heterocycles. The summed E-state index contributed by atoms with van der Waals surface area (Å²) in [5.41, 5.74) is 1.07. The highest BCUT2D eigenvalue weighted by molar-refractivity contribution is 5.99. The van der Waals surface area contributed by atoms with E-state index in [1.54, 1.807) is 44.2 Å². The summed E-state index contributed by atoms with van der Waals surface area (Å²) in [5, 5.41) is 2.85. The van der Waals surface area contributed by atoms with Gasteiger partial charge in [-0.1, -0.05) is 33.1 Å². The average Bonchev–Trinajstić information content (AvgIpc) is 2.85. The summed E-state index contributed by atoms with van der Waals surface area (Å²) in [4.78, 5) is 29.6. The summed E-state index contributed by atoms with van der Waals surface area (Å²) >= 11 is 0. The van der Waals surface area contributed by atoms with Crippen LogP contribution in [0.3, 0.4) is 0 Å². The van der Waals surface area contributed by atoms with Crippen LogP contribution in [0.25, 0.3) is 0 Å². The van der Waals surface area contributed by atoms with Crippen LogP contribution in [0.1, 0.15) is 69.7 Å². The Morgan fingerprint density at radius 1 is 1.18 bits per heavy atom. The van der Waals surface area contributed by atoms with E-state index in [2.05, 4.69) is 24.1 Å². The van der Waals surface area contributed by atoms with E-state index >= 15 is 0 Å². The van der Waals surface area contributed by atoms with Gasteiger partial charge in [0.05, 0.1) is 11.7 Å². The molecule has 1 N–H and O–H groups in total. The fraction of sp³-hybridized carbons (Fsp3) is 0.704. The van der Waals surface area contributed by atoms with E-state index < -0.39 is 0 Å². The third-order valence-electron chi connectivity index (χ3n) is 7.40. The Morgan fingerprint density at radius 3 is 2.59 bits per heavy atom. The van der Waals surface area contributed by atoms with E-state index in [1.165, 1.54) is 32.1 Å². The zero-order chi connectivity index (χ0) is 24.7. The Balaban J connectivity index is 1.88. The number of methoxy groups -OCH3 is 1. The molecule has 0 radical (unpaired) electrons. The maximum Gasteiger partial charge on any atom is 0.257 e. The van der Waals surface area contributed by atoms with Gasteiger partial charge < -0.3 is 19.7 Å². The predicted molar refractivity (Wildman–Crippen MR) is 135 cm³/mol. The minimum absolute atomic E-state index is 0.0678. The lowest BCUT2D eigenvalue weighted by molar-refractivity contribution is -0.115. The maximum absolute atomic E-state index is 13.4. The molecule has 1 heterocycles. The van der Waals surface area contributed by atoms with Gasteiger partial charge in [-0.2, -0.15) is 0 Å². The fourth-order valence-corrected chi connectivity index (χ4v) is 5.13. The number of anilines is 1. The predicted octanol–water partition coefficient (Wildman–Crippen LogP) is 4.42. The van der Waals surface area contributed by atoms with Crippen molar-refractivity contribution in [2.75, 3.05) is 45.7 Å². The third-order valence-corrected chi connectivity index (χ3v) is 7.40. The topological polar surface area (TPSA) is 71.1 Å². The smallest absolute Gasteiger partial charge is 0.257 e. The van der Waals surface area contributed by atoms with E-state index in [9.17, 15) is 9.59 Å². The molecule has 0 saturated heterocycles. The molecule has 2 aliphatic rings. The van der Waals surface area contributed by atoms with E-state index in [0.717, 1.165) is 19.0 Å². The van der Waals surface area contributed by atoms with E-state index in [1.807, 2.05) is 0 Å². The van der Waals surface area contributed by atoms with Crippen LogP contribution in [-0.2, 0) is 9.53 Å². The van der Waals surface area contributed by atoms with Gasteiger partial charge in [-0.25, -0.2) is 0 Å². The molecule has 3 rings (SSSR count). The van der Waals surface area contributed by atoms with E-state index in [4.69, 9.17) is 9.47 Å². The fourth-order valence-electron chi connectivity index (χ4n) is 5.13. The summed E-state index contributed by atoms with van der Waals surface area (Å²) < 4.78 is 12.1. The van der Waals surface area contributed by atoms with Crippen molar-refractivity contribution in [3.05, 3.63) is 23.8 Å². The van der Waals surface area contributed by atoms with Crippen LogP contribution >= 0.6 is 0 Å².